The first-order chi connectivity index (χ1) is 7.72. The molecule has 2 heteroatoms. The summed E-state index contributed by atoms with van der Waals surface area (Å²) in [7, 11) is 0. The molecule has 0 aliphatic carbocycles. The summed E-state index contributed by atoms with van der Waals surface area (Å²) >= 11 is 0. The summed E-state index contributed by atoms with van der Waals surface area (Å²) in [6.45, 7) is 6.64. The smallest absolute Gasteiger partial charge is 0.0465 e. The maximum Gasteiger partial charge on any atom is 0.0465 e. The van der Waals surface area contributed by atoms with E-state index in [2.05, 4.69) is 50.5 Å². The van der Waals surface area contributed by atoms with E-state index >= 15 is 0 Å². The standard InChI is InChI=1S/C14H24N2/c1-4-12(5-2)10-14(16-15)13-9-7-6-8-11(13)3/h6-9,12,14,16H,4-5,10,15H2,1-3H3. The molecule has 0 saturated carbocycles. The molecule has 16 heavy (non-hydrogen) atoms. The number of hydrogen-bond donors (Lipinski definition) is 2. The first kappa shape index (κ1) is 13.2. The Kier molecular flexibility index (Phi) is 5.50. The molecule has 2 nitrogen and oxygen atoms in total. The van der Waals surface area contributed by atoms with Gasteiger partial charge in [-0.25, -0.2) is 0 Å². The zero-order valence-corrected chi connectivity index (χ0v) is 10.7. The van der Waals surface area contributed by atoms with Gasteiger partial charge in [0.05, 0.1) is 0 Å². The van der Waals surface area contributed by atoms with E-state index in [-0.39, 0.29) is 6.04 Å². The summed E-state index contributed by atoms with van der Waals surface area (Å²) in [5.74, 6) is 6.43. The molecule has 0 aromatic heterocycles. The molecule has 0 fully saturated rings. The molecule has 0 spiro atoms. The fraction of sp³-hybridized carbons (Fsp3) is 0.571. The van der Waals surface area contributed by atoms with Gasteiger partial charge in [-0.2, -0.15) is 0 Å². The minimum Gasteiger partial charge on any atom is -0.271 e. The Balaban J connectivity index is 2.78. The van der Waals surface area contributed by atoms with Crippen molar-refractivity contribution in [3.63, 3.8) is 0 Å². The van der Waals surface area contributed by atoms with Crippen molar-refractivity contribution in [2.75, 3.05) is 0 Å². The van der Waals surface area contributed by atoms with Crippen LogP contribution < -0.4 is 11.3 Å². The Morgan fingerprint density at radius 1 is 1.19 bits per heavy atom. The van der Waals surface area contributed by atoms with E-state index < -0.39 is 0 Å². The SMILES string of the molecule is CCC(CC)CC(NN)c1ccccc1C. The molecule has 1 aromatic rings. The Labute approximate surface area is 99.2 Å². The summed E-state index contributed by atoms with van der Waals surface area (Å²) in [6, 6.07) is 8.75. The van der Waals surface area contributed by atoms with E-state index in [9.17, 15) is 0 Å². The average Bonchev–Trinajstić information content (AvgIpc) is 2.32. The van der Waals surface area contributed by atoms with Crippen molar-refractivity contribution in [3.05, 3.63) is 35.4 Å². The lowest BCUT2D eigenvalue weighted by Crippen LogP contribution is -2.30. The minimum absolute atomic E-state index is 0.283. The maximum absolute atomic E-state index is 5.68. The Morgan fingerprint density at radius 2 is 1.81 bits per heavy atom. The number of rotatable bonds is 6. The van der Waals surface area contributed by atoms with E-state index in [1.807, 2.05) is 0 Å². The van der Waals surface area contributed by atoms with Gasteiger partial charge in [0.15, 0.2) is 0 Å². The van der Waals surface area contributed by atoms with Crippen LogP contribution in [-0.4, -0.2) is 0 Å². The van der Waals surface area contributed by atoms with E-state index in [0.29, 0.717) is 0 Å². The molecule has 3 N–H and O–H groups in total. The Bertz CT molecular complexity index is 305. The molecule has 0 heterocycles. The van der Waals surface area contributed by atoms with Gasteiger partial charge in [-0.1, -0.05) is 51.0 Å². The lowest BCUT2D eigenvalue weighted by molar-refractivity contribution is 0.374. The number of benzene rings is 1. The van der Waals surface area contributed by atoms with Gasteiger partial charge in [0, 0.05) is 6.04 Å². The lowest BCUT2D eigenvalue weighted by atomic mass is 9.90. The van der Waals surface area contributed by atoms with Gasteiger partial charge in [0.25, 0.3) is 0 Å². The summed E-state index contributed by atoms with van der Waals surface area (Å²) in [5.41, 5.74) is 5.60. The molecule has 1 aromatic carbocycles. The van der Waals surface area contributed by atoms with Crippen LogP contribution in [-0.2, 0) is 0 Å². The van der Waals surface area contributed by atoms with Crippen LogP contribution in [0.4, 0.5) is 0 Å². The predicted octanol–water partition coefficient (Wildman–Crippen LogP) is 3.33. The van der Waals surface area contributed by atoms with Gasteiger partial charge in [-0.05, 0) is 30.4 Å². The summed E-state index contributed by atoms with van der Waals surface area (Å²) < 4.78 is 0. The molecule has 0 saturated heterocycles. The van der Waals surface area contributed by atoms with Gasteiger partial charge >= 0.3 is 0 Å². The van der Waals surface area contributed by atoms with Crippen LogP contribution in [0, 0.1) is 12.8 Å². The largest absolute Gasteiger partial charge is 0.271 e. The second kappa shape index (κ2) is 6.66. The van der Waals surface area contributed by atoms with E-state index in [1.165, 1.54) is 24.0 Å². The fourth-order valence-corrected chi connectivity index (χ4v) is 2.22. The molecular weight excluding hydrogens is 196 g/mol. The topological polar surface area (TPSA) is 38.0 Å². The molecule has 0 amide bonds. The Hall–Kier alpha value is -0.860. The third kappa shape index (κ3) is 3.32. The van der Waals surface area contributed by atoms with Crippen molar-refractivity contribution in [1.82, 2.24) is 5.43 Å². The average molecular weight is 220 g/mol. The van der Waals surface area contributed by atoms with Gasteiger partial charge in [-0.3, -0.25) is 11.3 Å². The predicted molar refractivity (Wildman–Crippen MR) is 69.9 cm³/mol. The Morgan fingerprint density at radius 3 is 2.31 bits per heavy atom. The molecule has 1 rings (SSSR count). The normalized spacial score (nSPS) is 13.1. The van der Waals surface area contributed by atoms with Crippen molar-refractivity contribution in [2.24, 2.45) is 11.8 Å². The van der Waals surface area contributed by atoms with Crippen LogP contribution in [0.5, 0.6) is 0 Å². The molecule has 0 aliphatic rings. The highest BCUT2D eigenvalue weighted by Gasteiger charge is 2.15. The number of nitrogens with two attached hydrogens (primary N) is 1. The van der Waals surface area contributed by atoms with Crippen LogP contribution >= 0.6 is 0 Å². The number of hydrazine groups is 1. The minimum atomic E-state index is 0.283. The zero-order chi connectivity index (χ0) is 12.0. The van der Waals surface area contributed by atoms with Gasteiger partial charge in [0.1, 0.15) is 0 Å². The van der Waals surface area contributed by atoms with Crippen LogP contribution in [0.3, 0.4) is 0 Å². The van der Waals surface area contributed by atoms with Gasteiger partial charge in [0.2, 0.25) is 0 Å². The molecular formula is C14H24N2. The van der Waals surface area contributed by atoms with E-state index in [0.717, 1.165) is 12.3 Å². The number of nitrogens with one attached hydrogen (secondary N) is 1. The lowest BCUT2D eigenvalue weighted by Gasteiger charge is -2.23. The second-order valence-corrected chi connectivity index (χ2v) is 4.49. The highest BCUT2D eigenvalue weighted by molar-refractivity contribution is 5.28. The van der Waals surface area contributed by atoms with E-state index in [4.69, 9.17) is 5.84 Å². The quantitative estimate of drug-likeness (QED) is 0.570. The number of aryl methyl sites for hydroxylation is 1. The second-order valence-electron chi connectivity index (χ2n) is 4.49. The van der Waals surface area contributed by atoms with Crippen molar-refractivity contribution >= 4 is 0 Å². The van der Waals surface area contributed by atoms with Crippen molar-refractivity contribution in [2.45, 2.75) is 46.1 Å². The third-order valence-corrected chi connectivity index (χ3v) is 3.49. The monoisotopic (exact) mass is 220 g/mol. The highest BCUT2D eigenvalue weighted by Crippen LogP contribution is 2.26. The van der Waals surface area contributed by atoms with Crippen molar-refractivity contribution in [1.29, 1.82) is 0 Å². The zero-order valence-electron chi connectivity index (χ0n) is 10.7. The molecule has 0 radical (unpaired) electrons. The molecule has 1 unspecified atom stereocenters. The van der Waals surface area contributed by atoms with Crippen LogP contribution in [0.15, 0.2) is 24.3 Å². The van der Waals surface area contributed by atoms with Gasteiger partial charge in [-0.15, -0.1) is 0 Å². The first-order valence-electron chi connectivity index (χ1n) is 6.24. The van der Waals surface area contributed by atoms with Gasteiger partial charge < -0.3 is 0 Å². The van der Waals surface area contributed by atoms with Crippen LogP contribution in [0.25, 0.3) is 0 Å². The summed E-state index contributed by atoms with van der Waals surface area (Å²) in [5, 5.41) is 0. The molecule has 0 aliphatic heterocycles. The molecule has 0 bridgehead atoms. The summed E-state index contributed by atoms with van der Waals surface area (Å²) in [6.07, 6.45) is 3.56. The van der Waals surface area contributed by atoms with Crippen molar-refractivity contribution < 1.29 is 0 Å². The van der Waals surface area contributed by atoms with Crippen LogP contribution in [0.1, 0.15) is 50.3 Å². The summed E-state index contributed by atoms with van der Waals surface area (Å²) in [4.78, 5) is 0. The fourth-order valence-electron chi connectivity index (χ4n) is 2.22. The molecule has 1 atom stereocenters. The maximum atomic E-state index is 5.68. The number of hydrogen-bond acceptors (Lipinski definition) is 2. The van der Waals surface area contributed by atoms with Crippen molar-refractivity contribution in [3.8, 4) is 0 Å². The van der Waals surface area contributed by atoms with Crippen LogP contribution in [0.2, 0.25) is 0 Å². The highest BCUT2D eigenvalue weighted by atomic mass is 15.2. The first-order valence-corrected chi connectivity index (χ1v) is 6.24. The van der Waals surface area contributed by atoms with E-state index in [1.54, 1.807) is 0 Å². The third-order valence-electron chi connectivity index (χ3n) is 3.49. The molecule has 90 valence electrons.